The number of halogens is 1. The number of carbonyl (C=O) groups is 1. The highest BCUT2D eigenvalue weighted by atomic mass is 35.5. The largest absolute Gasteiger partial charge is 0.355 e. The lowest BCUT2D eigenvalue weighted by atomic mass is 10.1. The molecule has 1 rings (SSSR count). The van der Waals surface area contributed by atoms with E-state index in [4.69, 9.17) is 11.6 Å². The van der Waals surface area contributed by atoms with Crippen LogP contribution in [0.4, 0.5) is 0 Å². The minimum atomic E-state index is -3.09. The van der Waals surface area contributed by atoms with Crippen LogP contribution in [0.5, 0.6) is 0 Å². The lowest BCUT2D eigenvalue weighted by Gasteiger charge is -2.13. The van der Waals surface area contributed by atoms with Crippen LogP contribution < -0.4 is 5.32 Å². The van der Waals surface area contributed by atoms with Crippen LogP contribution in [-0.2, 0) is 14.8 Å². The predicted octanol–water partition coefficient (Wildman–Crippen LogP) is -0.377. The fraction of sp³-hybridized carbons (Fsp3) is 0.875. The Hall–Kier alpha value is -0.330. The highest BCUT2D eigenvalue weighted by molar-refractivity contribution is 7.88. The van der Waals surface area contributed by atoms with Gasteiger partial charge in [0.05, 0.1) is 6.26 Å². The fourth-order valence-corrected chi connectivity index (χ4v) is 2.58. The van der Waals surface area contributed by atoms with Gasteiger partial charge in [-0.25, -0.2) is 12.7 Å². The predicted molar refractivity (Wildman–Crippen MR) is 58.3 cm³/mol. The maximum absolute atomic E-state index is 11.2. The van der Waals surface area contributed by atoms with Gasteiger partial charge in [0, 0.05) is 19.6 Å². The van der Waals surface area contributed by atoms with Crippen molar-refractivity contribution >= 4 is 27.5 Å². The monoisotopic (exact) mass is 254 g/mol. The molecule has 7 heteroatoms. The number of sulfonamides is 1. The molecule has 1 fully saturated rings. The summed E-state index contributed by atoms with van der Waals surface area (Å²) in [5, 5.41) is 2.65. The number of nitrogens with zero attached hydrogens (tertiary/aromatic N) is 1. The number of amides is 1. The molecule has 1 aliphatic heterocycles. The molecule has 88 valence electrons. The summed E-state index contributed by atoms with van der Waals surface area (Å²) in [7, 11) is -3.09. The third kappa shape index (κ3) is 3.96. The minimum absolute atomic E-state index is 0.0531. The Morgan fingerprint density at radius 2 is 2.27 bits per heavy atom. The number of hydrogen-bond acceptors (Lipinski definition) is 3. The zero-order valence-electron chi connectivity index (χ0n) is 8.57. The second-order valence-electron chi connectivity index (χ2n) is 3.71. The highest BCUT2D eigenvalue weighted by Crippen LogP contribution is 2.17. The first-order chi connectivity index (χ1) is 6.93. The van der Waals surface area contributed by atoms with Crippen molar-refractivity contribution in [2.45, 2.75) is 6.42 Å². The molecule has 0 aromatic carbocycles. The van der Waals surface area contributed by atoms with Crippen LogP contribution in [0.2, 0.25) is 0 Å². The first kappa shape index (κ1) is 12.7. The zero-order valence-corrected chi connectivity index (χ0v) is 10.1. The molecule has 0 aliphatic carbocycles. The minimum Gasteiger partial charge on any atom is -0.355 e. The van der Waals surface area contributed by atoms with Crippen molar-refractivity contribution in [2.24, 2.45) is 5.92 Å². The van der Waals surface area contributed by atoms with E-state index in [1.54, 1.807) is 0 Å². The van der Waals surface area contributed by atoms with Crippen LogP contribution in [0, 0.1) is 5.92 Å². The first-order valence-electron chi connectivity index (χ1n) is 4.71. The van der Waals surface area contributed by atoms with Crippen molar-refractivity contribution in [3.63, 3.8) is 0 Å². The standard InChI is InChI=1S/C8H15ClN2O3S/c1-15(13,14)11-3-2-7(6-11)5-10-8(12)4-9/h7H,2-6H2,1H3,(H,10,12)/t7-/m0/s1. The number of carbonyl (C=O) groups excluding carboxylic acids is 1. The van der Waals surface area contributed by atoms with E-state index in [0.29, 0.717) is 19.6 Å². The topological polar surface area (TPSA) is 66.5 Å². The van der Waals surface area contributed by atoms with Crippen molar-refractivity contribution in [3.8, 4) is 0 Å². The Labute approximate surface area is 94.8 Å². The van der Waals surface area contributed by atoms with Crippen molar-refractivity contribution < 1.29 is 13.2 Å². The van der Waals surface area contributed by atoms with Crippen LogP contribution in [0.25, 0.3) is 0 Å². The van der Waals surface area contributed by atoms with Crippen molar-refractivity contribution in [1.82, 2.24) is 9.62 Å². The average molecular weight is 255 g/mol. The van der Waals surface area contributed by atoms with E-state index in [9.17, 15) is 13.2 Å². The molecule has 0 bridgehead atoms. The molecule has 5 nitrogen and oxygen atoms in total. The molecule has 0 aromatic rings. The molecule has 1 atom stereocenters. The Bertz CT molecular complexity index is 331. The number of alkyl halides is 1. The number of hydrogen-bond donors (Lipinski definition) is 1. The van der Waals surface area contributed by atoms with E-state index in [2.05, 4.69) is 5.32 Å². The van der Waals surface area contributed by atoms with E-state index in [1.165, 1.54) is 10.6 Å². The normalized spacial score (nSPS) is 22.9. The maximum Gasteiger partial charge on any atom is 0.234 e. The van der Waals surface area contributed by atoms with Crippen LogP contribution in [0.1, 0.15) is 6.42 Å². The van der Waals surface area contributed by atoms with Gasteiger partial charge in [-0.1, -0.05) is 0 Å². The number of nitrogens with one attached hydrogen (secondary N) is 1. The summed E-state index contributed by atoms with van der Waals surface area (Å²) in [5.41, 5.74) is 0. The van der Waals surface area contributed by atoms with Crippen molar-refractivity contribution in [3.05, 3.63) is 0 Å². The van der Waals surface area contributed by atoms with Gasteiger partial charge >= 0.3 is 0 Å². The van der Waals surface area contributed by atoms with Gasteiger partial charge in [0.25, 0.3) is 0 Å². The molecule has 0 radical (unpaired) electrons. The summed E-state index contributed by atoms with van der Waals surface area (Å²) in [6.45, 7) is 1.53. The Balaban J connectivity index is 2.34. The molecule has 0 unspecified atom stereocenters. The lowest BCUT2D eigenvalue weighted by molar-refractivity contribution is -0.118. The summed E-state index contributed by atoms with van der Waals surface area (Å²) in [5.74, 6) is -0.0657. The van der Waals surface area contributed by atoms with Crippen LogP contribution in [-0.4, -0.2) is 50.4 Å². The molecule has 0 aromatic heterocycles. The van der Waals surface area contributed by atoms with Gasteiger partial charge in [0.1, 0.15) is 5.88 Å². The Morgan fingerprint density at radius 3 is 2.73 bits per heavy atom. The van der Waals surface area contributed by atoms with E-state index in [1.807, 2.05) is 0 Å². The molecular formula is C8H15ClN2O3S. The summed E-state index contributed by atoms with van der Waals surface area (Å²) in [6.07, 6.45) is 1.99. The summed E-state index contributed by atoms with van der Waals surface area (Å²) >= 11 is 5.32. The molecule has 0 spiro atoms. The summed E-state index contributed by atoms with van der Waals surface area (Å²) in [6, 6.07) is 0. The smallest absolute Gasteiger partial charge is 0.234 e. The summed E-state index contributed by atoms with van der Waals surface area (Å²) < 4.78 is 23.8. The second kappa shape index (κ2) is 5.14. The second-order valence-corrected chi connectivity index (χ2v) is 5.96. The van der Waals surface area contributed by atoms with Gasteiger partial charge < -0.3 is 5.32 Å². The Morgan fingerprint density at radius 1 is 1.60 bits per heavy atom. The van der Waals surface area contributed by atoms with Gasteiger partial charge in [0.2, 0.25) is 15.9 Å². The van der Waals surface area contributed by atoms with Crippen LogP contribution in [0.3, 0.4) is 0 Å². The van der Waals surface area contributed by atoms with Crippen molar-refractivity contribution in [2.75, 3.05) is 31.8 Å². The molecular weight excluding hydrogens is 240 g/mol. The third-order valence-corrected chi connectivity index (χ3v) is 3.94. The number of rotatable bonds is 4. The molecule has 1 heterocycles. The quantitative estimate of drug-likeness (QED) is 0.696. The molecule has 15 heavy (non-hydrogen) atoms. The van der Waals surface area contributed by atoms with Crippen LogP contribution in [0.15, 0.2) is 0 Å². The van der Waals surface area contributed by atoms with E-state index in [-0.39, 0.29) is 17.7 Å². The molecule has 1 saturated heterocycles. The molecule has 0 saturated carbocycles. The maximum atomic E-state index is 11.2. The third-order valence-electron chi connectivity index (χ3n) is 2.43. The van der Waals surface area contributed by atoms with Crippen molar-refractivity contribution in [1.29, 1.82) is 0 Å². The van der Waals surface area contributed by atoms with E-state index >= 15 is 0 Å². The summed E-state index contributed by atoms with van der Waals surface area (Å²) in [4.78, 5) is 10.9. The van der Waals surface area contributed by atoms with E-state index < -0.39 is 10.0 Å². The van der Waals surface area contributed by atoms with Gasteiger partial charge in [0.15, 0.2) is 0 Å². The lowest BCUT2D eigenvalue weighted by Crippen LogP contribution is -2.33. The van der Waals surface area contributed by atoms with Gasteiger partial charge in [-0.3, -0.25) is 4.79 Å². The molecule has 1 N–H and O–H groups in total. The molecule has 1 aliphatic rings. The fourth-order valence-electron chi connectivity index (χ4n) is 1.57. The first-order valence-corrected chi connectivity index (χ1v) is 7.09. The average Bonchev–Trinajstić information content (AvgIpc) is 2.61. The highest BCUT2D eigenvalue weighted by Gasteiger charge is 2.28. The SMILES string of the molecule is CS(=O)(=O)N1CC[C@@H](CNC(=O)CCl)C1. The van der Waals surface area contributed by atoms with Crippen LogP contribution >= 0.6 is 11.6 Å². The van der Waals surface area contributed by atoms with Gasteiger partial charge in [-0.15, -0.1) is 11.6 Å². The molecule has 1 amide bonds. The van der Waals surface area contributed by atoms with Gasteiger partial charge in [-0.05, 0) is 12.3 Å². The van der Waals surface area contributed by atoms with E-state index in [0.717, 1.165) is 6.42 Å². The Kier molecular flexibility index (Phi) is 4.36. The zero-order chi connectivity index (χ0) is 11.5. The van der Waals surface area contributed by atoms with Gasteiger partial charge in [-0.2, -0.15) is 0 Å².